The normalized spacial score (nSPS) is 44.2. The first-order valence-electron chi connectivity index (χ1n) is 9.94. The van der Waals surface area contributed by atoms with Crippen molar-refractivity contribution in [2.45, 2.75) is 65.2 Å². The predicted molar refractivity (Wildman–Crippen MR) is 92.2 cm³/mol. The van der Waals surface area contributed by atoms with Gasteiger partial charge in [0.25, 0.3) is 0 Å². The van der Waals surface area contributed by atoms with Crippen LogP contribution >= 0.6 is 0 Å². The number of esters is 1. The van der Waals surface area contributed by atoms with E-state index < -0.39 is 0 Å². The van der Waals surface area contributed by atoms with Crippen molar-refractivity contribution in [1.82, 2.24) is 0 Å². The second-order valence-corrected chi connectivity index (χ2v) is 8.73. The van der Waals surface area contributed by atoms with Crippen molar-refractivity contribution < 1.29 is 14.3 Å². The second-order valence-electron chi connectivity index (χ2n) is 8.73. The van der Waals surface area contributed by atoms with Gasteiger partial charge < -0.3 is 4.74 Å². The highest BCUT2D eigenvalue weighted by atomic mass is 16.5. The lowest BCUT2D eigenvalue weighted by Gasteiger charge is -2.53. The first-order chi connectivity index (χ1) is 11.5. The summed E-state index contributed by atoms with van der Waals surface area (Å²) in [6, 6.07) is 0. The zero-order valence-electron chi connectivity index (χ0n) is 15.1. The van der Waals surface area contributed by atoms with Crippen molar-refractivity contribution in [3.05, 3.63) is 11.6 Å². The van der Waals surface area contributed by atoms with Crippen LogP contribution in [0.25, 0.3) is 0 Å². The van der Waals surface area contributed by atoms with Crippen LogP contribution in [0.5, 0.6) is 0 Å². The average Bonchev–Trinajstić information content (AvgIpc) is 2.92. The highest BCUT2D eigenvalue weighted by molar-refractivity contribution is 5.91. The lowest BCUT2D eigenvalue weighted by molar-refractivity contribution is -0.154. The molecule has 0 saturated heterocycles. The maximum atomic E-state index is 12.5. The Kier molecular flexibility index (Phi) is 4.09. The monoisotopic (exact) mass is 330 g/mol. The maximum Gasteiger partial charge on any atom is 0.309 e. The Hall–Kier alpha value is -1.12. The molecule has 0 spiro atoms. The van der Waals surface area contributed by atoms with Crippen molar-refractivity contribution >= 4 is 11.8 Å². The summed E-state index contributed by atoms with van der Waals surface area (Å²) in [5, 5.41) is 0. The fourth-order valence-corrected chi connectivity index (χ4v) is 6.81. The summed E-state index contributed by atoms with van der Waals surface area (Å²) < 4.78 is 5.39. The fourth-order valence-electron chi connectivity index (χ4n) is 6.81. The molecule has 6 atom stereocenters. The number of allylic oxidation sites excluding steroid dienone is 1. The number of hydrogen-bond donors (Lipinski definition) is 0. The third-order valence-electron chi connectivity index (χ3n) is 7.87. The third kappa shape index (κ3) is 2.38. The van der Waals surface area contributed by atoms with Crippen LogP contribution in [-0.4, -0.2) is 18.4 Å². The van der Waals surface area contributed by atoms with Crippen LogP contribution in [-0.2, 0) is 14.3 Å². The molecule has 132 valence electrons. The number of rotatable bonds is 2. The molecule has 3 fully saturated rings. The van der Waals surface area contributed by atoms with Crippen molar-refractivity contribution in [3.8, 4) is 0 Å². The van der Waals surface area contributed by atoms with E-state index in [2.05, 4.69) is 6.92 Å². The van der Waals surface area contributed by atoms with Gasteiger partial charge in [0.05, 0.1) is 12.5 Å². The van der Waals surface area contributed by atoms with Crippen LogP contribution in [0, 0.1) is 35.0 Å². The molecule has 4 aliphatic carbocycles. The fraction of sp³-hybridized carbons (Fsp3) is 0.810. The van der Waals surface area contributed by atoms with Crippen molar-refractivity contribution in [1.29, 1.82) is 0 Å². The molecule has 0 bridgehead atoms. The highest BCUT2D eigenvalue weighted by Crippen LogP contribution is 2.63. The summed E-state index contributed by atoms with van der Waals surface area (Å²) in [6.45, 7) is 4.76. The van der Waals surface area contributed by atoms with E-state index in [9.17, 15) is 9.59 Å². The van der Waals surface area contributed by atoms with Crippen LogP contribution in [0.4, 0.5) is 0 Å². The lowest BCUT2D eigenvalue weighted by atomic mass is 9.51. The number of carbonyl (C=O) groups excluding carboxylic acids is 2. The van der Waals surface area contributed by atoms with Crippen molar-refractivity contribution in [3.63, 3.8) is 0 Å². The molecule has 0 aliphatic heterocycles. The minimum Gasteiger partial charge on any atom is -0.466 e. The molecule has 0 amide bonds. The van der Waals surface area contributed by atoms with Crippen LogP contribution in [0.1, 0.15) is 65.2 Å². The van der Waals surface area contributed by atoms with E-state index in [4.69, 9.17) is 4.74 Å². The minimum atomic E-state index is 0.0422. The number of ether oxygens (including phenoxy) is 1. The topological polar surface area (TPSA) is 43.4 Å². The third-order valence-corrected chi connectivity index (χ3v) is 7.87. The molecule has 3 saturated carbocycles. The van der Waals surface area contributed by atoms with Gasteiger partial charge in [-0.1, -0.05) is 12.5 Å². The predicted octanol–water partition coefficient (Wildman–Crippen LogP) is 4.31. The van der Waals surface area contributed by atoms with Gasteiger partial charge in [0.2, 0.25) is 0 Å². The van der Waals surface area contributed by atoms with E-state index in [1.165, 1.54) is 24.8 Å². The maximum absolute atomic E-state index is 12.5. The lowest BCUT2D eigenvalue weighted by Crippen LogP contribution is -2.47. The smallest absolute Gasteiger partial charge is 0.309 e. The molecule has 24 heavy (non-hydrogen) atoms. The van der Waals surface area contributed by atoms with Gasteiger partial charge >= 0.3 is 5.97 Å². The molecular weight excluding hydrogens is 300 g/mol. The average molecular weight is 330 g/mol. The summed E-state index contributed by atoms with van der Waals surface area (Å²) in [6.07, 6.45) is 10.7. The van der Waals surface area contributed by atoms with Gasteiger partial charge in [0.15, 0.2) is 5.78 Å². The van der Waals surface area contributed by atoms with E-state index in [-0.39, 0.29) is 17.3 Å². The minimum absolute atomic E-state index is 0.0422. The summed E-state index contributed by atoms with van der Waals surface area (Å²) in [7, 11) is 0. The first-order valence-corrected chi connectivity index (χ1v) is 9.94. The van der Waals surface area contributed by atoms with Crippen LogP contribution < -0.4 is 0 Å². The van der Waals surface area contributed by atoms with Gasteiger partial charge in [-0.2, -0.15) is 0 Å². The van der Waals surface area contributed by atoms with E-state index in [1.54, 1.807) is 0 Å². The molecule has 3 nitrogen and oxygen atoms in total. The van der Waals surface area contributed by atoms with Gasteiger partial charge in [-0.3, -0.25) is 9.59 Å². The quantitative estimate of drug-likeness (QED) is 0.709. The van der Waals surface area contributed by atoms with Gasteiger partial charge in [0.1, 0.15) is 0 Å². The Bertz CT molecular complexity index is 578. The Morgan fingerprint density at radius 1 is 1.17 bits per heavy atom. The summed E-state index contributed by atoms with van der Waals surface area (Å²) >= 11 is 0. The molecule has 0 radical (unpaired) electrons. The van der Waals surface area contributed by atoms with Gasteiger partial charge in [-0.05, 0) is 87.0 Å². The number of fused-ring (bicyclic) bond motifs is 5. The van der Waals surface area contributed by atoms with E-state index in [0.717, 1.165) is 43.9 Å². The summed E-state index contributed by atoms with van der Waals surface area (Å²) in [5.41, 5.74) is 1.58. The van der Waals surface area contributed by atoms with Crippen LogP contribution in [0.2, 0.25) is 0 Å². The Labute approximate surface area is 145 Å². The highest BCUT2D eigenvalue weighted by Gasteiger charge is 2.58. The van der Waals surface area contributed by atoms with Crippen molar-refractivity contribution in [2.75, 3.05) is 6.61 Å². The van der Waals surface area contributed by atoms with Gasteiger partial charge in [-0.15, -0.1) is 0 Å². The zero-order chi connectivity index (χ0) is 16.9. The molecule has 0 heterocycles. The van der Waals surface area contributed by atoms with Crippen LogP contribution in [0.3, 0.4) is 0 Å². The Morgan fingerprint density at radius 3 is 2.79 bits per heavy atom. The SMILES string of the molecule is CCOC(=O)[C@@H]1CC[C@@H]2[C@@H]3CCC4=CC(=O)CC[C@@H]4[C@H]3CC[C@]21C. The standard InChI is InChI=1S/C21H30O3/c1-3-24-20(23)19-9-8-18-17-6-4-13-12-14(22)5-7-15(13)16(17)10-11-21(18,19)2/h12,15-19H,3-11H2,1-2H3/t15-,16+,17+,18+,19-,21+/m0/s1. The van der Waals surface area contributed by atoms with Gasteiger partial charge in [-0.25, -0.2) is 0 Å². The molecule has 0 aromatic rings. The van der Waals surface area contributed by atoms with E-state index >= 15 is 0 Å². The Morgan fingerprint density at radius 2 is 2.00 bits per heavy atom. The summed E-state index contributed by atoms with van der Waals surface area (Å²) in [5.74, 6) is 3.30. The number of ketones is 1. The molecule has 0 aromatic heterocycles. The van der Waals surface area contributed by atoms with E-state index in [1.807, 2.05) is 13.0 Å². The van der Waals surface area contributed by atoms with E-state index in [0.29, 0.717) is 24.2 Å². The summed E-state index contributed by atoms with van der Waals surface area (Å²) in [4.78, 5) is 24.2. The van der Waals surface area contributed by atoms with Crippen LogP contribution in [0.15, 0.2) is 11.6 Å². The number of carbonyl (C=O) groups is 2. The second kappa shape index (κ2) is 6.00. The molecule has 4 aliphatic rings. The molecule has 0 unspecified atom stereocenters. The molecule has 0 N–H and O–H groups in total. The van der Waals surface area contributed by atoms with Crippen molar-refractivity contribution in [2.24, 2.45) is 35.0 Å². The van der Waals surface area contributed by atoms with Gasteiger partial charge in [0, 0.05) is 6.42 Å². The molecule has 4 rings (SSSR count). The Balaban J connectivity index is 1.57. The largest absolute Gasteiger partial charge is 0.466 e. The zero-order valence-corrected chi connectivity index (χ0v) is 15.1. The molecular formula is C21H30O3. The molecule has 3 heteroatoms. The number of hydrogen-bond acceptors (Lipinski definition) is 3. The molecule has 0 aromatic carbocycles. The first kappa shape index (κ1) is 16.4.